The van der Waals surface area contributed by atoms with Crippen molar-refractivity contribution in [3.8, 4) is 5.75 Å². The van der Waals surface area contributed by atoms with Crippen molar-refractivity contribution < 1.29 is 43.2 Å². The van der Waals surface area contributed by atoms with Gasteiger partial charge in [-0.3, -0.25) is 14.5 Å². The molecule has 1 fully saturated rings. The number of hydrogen-bond donors (Lipinski definition) is 2. The Kier molecular flexibility index (Phi) is 5.14. The van der Waals surface area contributed by atoms with Gasteiger partial charge in [0.15, 0.2) is 11.9 Å². The number of alkyl halides is 3. The number of aliphatic hydroxyl groups is 2. The van der Waals surface area contributed by atoms with Crippen LogP contribution in [-0.2, 0) is 15.8 Å². The van der Waals surface area contributed by atoms with Gasteiger partial charge < -0.3 is 19.8 Å². The molecule has 182 valence electrons. The molecular weight excluding hydrogens is 502 g/mol. The predicted octanol–water partition coefficient (Wildman–Crippen LogP) is 2.97. The maximum atomic E-state index is 13.9. The highest BCUT2D eigenvalue weighted by Gasteiger charge is 2.53. The molecule has 3 heterocycles. The molecule has 2 N–H and O–H groups in total. The van der Waals surface area contributed by atoms with E-state index < -0.39 is 78.5 Å². The van der Waals surface area contributed by atoms with Gasteiger partial charge in [-0.05, 0) is 37.6 Å². The van der Waals surface area contributed by atoms with Crippen LogP contribution in [0.15, 0.2) is 24.3 Å². The summed E-state index contributed by atoms with van der Waals surface area (Å²) in [6, 6.07) is 1.19. The van der Waals surface area contributed by atoms with Crippen molar-refractivity contribution in [1.29, 1.82) is 0 Å². The van der Waals surface area contributed by atoms with E-state index in [9.17, 15) is 33.0 Å². The van der Waals surface area contributed by atoms with Crippen molar-refractivity contribution >= 4 is 46.5 Å². The molecule has 0 radical (unpaired) electrons. The molecule has 0 saturated carbocycles. The number of nitrogens with zero attached hydrogens (tertiary/aromatic N) is 3. The first kappa shape index (κ1) is 19.7. The van der Waals surface area contributed by atoms with E-state index in [-0.39, 0.29) is 15.7 Å². The van der Waals surface area contributed by atoms with Crippen LogP contribution in [-0.4, -0.2) is 58.3 Å². The minimum atomic E-state index is -4.87. The van der Waals surface area contributed by atoms with Crippen molar-refractivity contribution in [1.82, 2.24) is 4.98 Å². The van der Waals surface area contributed by atoms with Crippen LogP contribution in [0.1, 0.15) is 23.2 Å². The largest absolute Gasteiger partial charge is 0.490 e. The lowest BCUT2D eigenvalue weighted by atomic mass is 10.1. The average Bonchev–Trinajstić information content (AvgIpc) is 2.94. The number of fused-ring (bicyclic) bond motifs is 1. The number of aryl methyl sites for hydroxylation is 1. The quantitative estimate of drug-likeness (QED) is 0.627. The van der Waals surface area contributed by atoms with Gasteiger partial charge >= 0.3 is 6.18 Å². The minimum absolute atomic E-state index is 0.132. The van der Waals surface area contributed by atoms with Crippen LogP contribution < -0.4 is 14.5 Å². The second-order valence-corrected chi connectivity index (χ2v) is 8.19. The molecule has 34 heavy (non-hydrogen) atoms. The lowest BCUT2D eigenvalue weighted by Gasteiger charge is -2.31. The molecule has 13 heteroatoms. The molecule has 1 saturated heterocycles. The lowest BCUT2D eigenvalue weighted by molar-refractivity contribution is -0.137. The monoisotopic (exact) mass is 523 g/mol. The Morgan fingerprint density at radius 2 is 2.00 bits per heavy atom. The number of amides is 2. The van der Waals surface area contributed by atoms with Gasteiger partial charge in [0.2, 0.25) is 0 Å². The number of anilines is 2. The first-order valence-electron chi connectivity index (χ1n) is 11.6. The van der Waals surface area contributed by atoms with E-state index in [2.05, 4.69) is 4.98 Å². The number of aromatic nitrogens is 1. The van der Waals surface area contributed by atoms with E-state index in [0.717, 1.165) is 12.1 Å². The Labute approximate surface area is 207 Å². The summed E-state index contributed by atoms with van der Waals surface area (Å²) in [6.45, 7) is -4.44. The van der Waals surface area contributed by atoms with Gasteiger partial charge in [-0.15, -0.1) is 0 Å². The molecule has 4 rings (SSSR count). The molecule has 2 aliphatic heterocycles. The fourth-order valence-corrected chi connectivity index (χ4v) is 3.98. The molecule has 1 aromatic heterocycles. The van der Waals surface area contributed by atoms with Crippen molar-refractivity contribution in [3.63, 3.8) is 0 Å². The summed E-state index contributed by atoms with van der Waals surface area (Å²) in [5.41, 5.74) is -1.87. The average molecular weight is 524 g/mol. The Bertz CT molecular complexity index is 1330. The highest BCUT2D eigenvalue weighted by molar-refractivity contribution is 6.43. The molecule has 8 nitrogen and oxygen atoms in total. The lowest BCUT2D eigenvalue weighted by Crippen LogP contribution is -2.51. The molecule has 0 bridgehead atoms. The van der Waals surface area contributed by atoms with Crippen LogP contribution in [0.25, 0.3) is 0 Å². The summed E-state index contributed by atoms with van der Waals surface area (Å²) in [5.74, 6) is -4.05. The van der Waals surface area contributed by atoms with Crippen LogP contribution in [0.3, 0.4) is 0 Å². The number of ether oxygens (including phenoxy) is 1. The topological polar surface area (TPSA) is 103 Å². The number of carbonyl (C=O) groups excluding carboxylic acids is 2. The standard InChI is InChI=1S/C21H18Cl2F3N3O5/c1-9-7-10(21(24,25)26)8-13(27-9)29-15(16(30)17(31)20(29)33)19(32)28-5-2-6-34-18-12(28)4-3-11(22)14(18)23/h3-4,7-8,15-17,30-31H,2,5-6H2,1H3/t15-,16-,17-/m0/s1/i5D2,6D2. The van der Waals surface area contributed by atoms with Gasteiger partial charge in [0.25, 0.3) is 11.8 Å². The third-order valence-corrected chi connectivity index (χ3v) is 5.94. The highest BCUT2D eigenvalue weighted by atomic mass is 35.5. The summed E-state index contributed by atoms with van der Waals surface area (Å²) in [4.78, 5) is 31.4. The van der Waals surface area contributed by atoms with Crippen LogP contribution in [0.4, 0.5) is 24.7 Å². The molecule has 2 amide bonds. The molecule has 2 aromatic rings. The number of aliphatic hydroxyl groups excluding tert-OH is 2. The van der Waals surface area contributed by atoms with Gasteiger partial charge in [0, 0.05) is 14.9 Å². The molecule has 2 aliphatic rings. The summed E-state index contributed by atoms with van der Waals surface area (Å²) >= 11 is 12.1. The van der Waals surface area contributed by atoms with E-state index in [1.807, 2.05) is 0 Å². The first-order valence-corrected chi connectivity index (χ1v) is 10.4. The number of hydrogen-bond acceptors (Lipinski definition) is 6. The Morgan fingerprint density at radius 1 is 1.29 bits per heavy atom. The van der Waals surface area contributed by atoms with Gasteiger partial charge in [0.05, 0.1) is 25.6 Å². The smallest absolute Gasteiger partial charge is 0.416 e. The van der Waals surface area contributed by atoms with Gasteiger partial charge in [-0.2, -0.15) is 13.2 Å². The molecule has 0 unspecified atom stereocenters. The van der Waals surface area contributed by atoms with Crippen molar-refractivity contribution in [2.24, 2.45) is 0 Å². The third kappa shape index (κ3) is 4.17. The zero-order valence-electron chi connectivity index (χ0n) is 21.1. The number of rotatable bonds is 2. The molecule has 1 aromatic carbocycles. The number of benzene rings is 1. The van der Waals surface area contributed by atoms with E-state index in [4.69, 9.17) is 33.4 Å². The summed E-state index contributed by atoms with van der Waals surface area (Å²) < 4.78 is 78.7. The first-order chi connectivity index (χ1) is 17.4. The summed E-state index contributed by atoms with van der Waals surface area (Å²) in [5, 5.41) is 20.4. The van der Waals surface area contributed by atoms with Crippen LogP contribution >= 0.6 is 23.2 Å². The molecule has 0 spiro atoms. The number of carbonyl (C=O) groups is 2. The van der Waals surface area contributed by atoms with E-state index in [1.54, 1.807) is 0 Å². The second kappa shape index (κ2) is 8.88. The predicted molar refractivity (Wildman–Crippen MR) is 116 cm³/mol. The van der Waals surface area contributed by atoms with Crippen LogP contribution in [0.2, 0.25) is 10.0 Å². The van der Waals surface area contributed by atoms with Crippen molar-refractivity contribution in [2.75, 3.05) is 22.9 Å². The van der Waals surface area contributed by atoms with Gasteiger partial charge in [-0.1, -0.05) is 23.2 Å². The SMILES string of the molecule is [2H]C1([2H])CC([2H])([2H])N(C(=O)[C@@H]2[C@H](O)[C@H](O)C(=O)N2c2cc(C(F)(F)F)cc(C)n2)c2ccc(Cl)c(Cl)c2O1. The zero-order chi connectivity index (χ0) is 28.5. The Morgan fingerprint density at radius 3 is 2.68 bits per heavy atom. The number of pyridine rings is 1. The Balaban J connectivity index is 1.91. The second-order valence-electron chi connectivity index (χ2n) is 7.41. The fraction of sp³-hybridized carbons (Fsp3) is 0.381. The normalized spacial score (nSPS) is 27.6. The van der Waals surface area contributed by atoms with Gasteiger partial charge in [-0.25, -0.2) is 4.98 Å². The molecular formula is C21H18Cl2F3N3O5. The molecule has 0 aliphatic carbocycles. The Hall–Kier alpha value is -2.60. The third-order valence-electron chi connectivity index (χ3n) is 5.16. The van der Waals surface area contributed by atoms with Crippen molar-refractivity contribution in [2.45, 2.75) is 37.8 Å². The fourth-order valence-electron chi connectivity index (χ4n) is 3.63. The maximum Gasteiger partial charge on any atom is 0.416 e. The zero-order valence-corrected chi connectivity index (χ0v) is 18.6. The van der Waals surface area contributed by atoms with Crippen LogP contribution in [0, 0.1) is 6.92 Å². The van der Waals surface area contributed by atoms with E-state index in [1.165, 1.54) is 6.92 Å². The number of halogens is 5. The summed E-state index contributed by atoms with van der Waals surface area (Å²) in [7, 11) is 0. The van der Waals surface area contributed by atoms with Crippen LogP contribution in [0.5, 0.6) is 5.75 Å². The maximum absolute atomic E-state index is 13.9. The van der Waals surface area contributed by atoms with Gasteiger partial charge in [0.1, 0.15) is 23.0 Å². The van der Waals surface area contributed by atoms with Crippen molar-refractivity contribution in [3.05, 3.63) is 45.6 Å². The molecule has 3 atom stereocenters. The van der Waals surface area contributed by atoms with E-state index in [0.29, 0.717) is 21.9 Å². The summed E-state index contributed by atoms with van der Waals surface area (Å²) in [6.07, 6.45) is -10.5. The highest BCUT2D eigenvalue weighted by Crippen LogP contribution is 2.43. The minimum Gasteiger partial charge on any atom is -0.490 e. The van der Waals surface area contributed by atoms with E-state index >= 15 is 0 Å².